The smallest absolute Gasteiger partial charge is 0.416 e. The van der Waals surface area contributed by atoms with E-state index >= 15 is 0 Å². The van der Waals surface area contributed by atoms with Crippen molar-refractivity contribution < 1.29 is 17.9 Å². The summed E-state index contributed by atoms with van der Waals surface area (Å²) < 4.78 is 44.7. The Balaban J connectivity index is 1.93. The molecule has 21 heavy (non-hydrogen) atoms. The van der Waals surface area contributed by atoms with Crippen LogP contribution in [0.2, 0.25) is 0 Å². The molecule has 0 bridgehead atoms. The van der Waals surface area contributed by atoms with E-state index in [1.54, 1.807) is 13.0 Å². The first kappa shape index (κ1) is 13.3. The summed E-state index contributed by atoms with van der Waals surface area (Å²) in [6.07, 6.45) is -4.42. The van der Waals surface area contributed by atoms with Crippen LogP contribution >= 0.6 is 0 Å². The fourth-order valence-electron chi connectivity index (χ4n) is 1.79. The lowest BCUT2D eigenvalue weighted by Crippen LogP contribution is -2.04. The van der Waals surface area contributed by atoms with Crippen molar-refractivity contribution >= 4 is 5.65 Å². The molecule has 5 nitrogen and oxygen atoms in total. The van der Waals surface area contributed by atoms with E-state index in [2.05, 4.69) is 15.3 Å². The highest BCUT2D eigenvalue weighted by molar-refractivity contribution is 5.39. The van der Waals surface area contributed by atoms with Gasteiger partial charge in [-0.2, -0.15) is 17.7 Å². The van der Waals surface area contributed by atoms with Crippen LogP contribution in [0.15, 0.2) is 36.4 Å². The second kappa shape index (κ2) is 4.72. The van der Waals surface area contributed by atoms with E-state index in [1.807, 2.05) is 0 Å². The van der Waals surface area contributed by atoms with E-state index < -0.39 is 11.7 Å². The summed E-state index contributed by atoms with van der Waals surface area (Å²) in [6.45, 7) is 1.71. The minimum absolute atomic E-state index is 0.0578. The first-order valence-corrected chi connectivity index (χ1v) is 5.98. The molecule has 0 aliphatic carbocycles. The van der Waals surface area contributed by atoms with Crippen molar-refractivity contribution in [2.24, 2.45) is 0 Å². The number of nitrogens with zero attached hydrogens (tertiary/aromatic N) is 4. The van der Waals surface area contributed by atoms with E-state index in [9.17, 15) is 13.2 Å². The van der Waals surface area contributed by atoms with Crippen LogP contribution in [0.5, 0.6) is 11.6 Å². The van der Waals surface area contributed by atoms with Crippen molar-refractivity contribution in [2.75, 3.05) is 0 Å². The zero-order valence-electron chi connectivity index (χ0n) is 10.8. The molecule has 0 N–H and O–H groups in total. The number of aryl methyl sites for hydroxylation is 1. The molecule has 0 fully saturated rings. The average Bonchev–Trinajstić information content (AvgIpc) is 2.80. The number of hydrogen-bond acceptors (Lipinski definition) is 4. The molecule has 3 aromatic rings. The Morgan fingerprint density at radius 1 is 1.10 bits per heavy atom. The van der Waals surface area contributed by atoms with Gasteiger partial charge in [-0.15, -0.1) is 15.3 Å². The lowest BCUT2D eigenvalue weighted by Gasteiger charge is -2.09. The van der Waals surface area contributed by atoms with Crippen molar-refractivity contribution in [2.45, 2.75) is 13.1 Å². The summed E-state index contributed by atoms with van der Waals surface area (Å²) in [5.41, 5.74) is -0.245. The molecule has 0 saturated heterocycles. The van der Waals surface area contributed by atoms with Gasteiger partial charge in [0.2, 0.25) is 5.88 Å². The summed E-state index contributed by atoms with van der Waals surface area (Å²) in [7, 11) is 0. The van der Waals surface area contributed by atoms with E-state index in [-0.39, 0.29) is 11.6 Å². The summed E-state index contributed by atoms with van der Waals surface area (Å²) in [4.78, 5) is 0. The van der Waals surface area contributed by atoms with Crippen molar-refractivity contribution in [1.29, 1.82) is 0 Å². The standard InChI is InChI=1S/C13H9F3N4O/c1-8-17-18-11-5-6-12(19-20(8)11)21-10-4-2-3-9(7-10)13(14,15)16/h2-7H,1H3. The first-order chi connectivity index (χ1) is 9.93. The summed E-state index contributed by atoms with van der Waals surface area (Å²) in [5, 5.41) is 11.8. The second-order valence-corrected chi connectivity index (χ2v) is 4.32. The molecule has 0 saturated carbocycles. The second-order valence-electron chi connectivity index (χ2n) is 4.32. The summed E-state index contributed by atoms with van der Waals surface area (Å²) >= 11 is 0. The molecule has 1 aromatic carbocycles. The quantitative estimate of drug-likeness (QED) is 0.728. The maximum absolute atomic E-state index is 12.6. The van der Waals surface area contributed by atoms with Gasteiger partial charge in [0.15, 0.2) is 11.5 Å². The van der Waals surface area contributed by atoms with E-state index in [1.165, 1.54) is 22.7 Å². The molecule has 0 unspecified atom stereocenters. The first-order valence-electron chi connectivity index (χ1n) is 5.98. The minimum atomic E-state index is -4.42. The molecule has 2 heterocycles. The molecule has 0 spiro atoms. The Morgan fingerprint density at radius 2 is 1.90 bits per heavy atom. The van der Waals surface area contributed by atoms with Crippen LogP contribution in [0.25, 0.3) is 5.65 Å². The monoisotopic (exact) mass is 294 g/mol. The highest BCUT2D eigenvalue weighted by Crippen LogP contribution is 2.32. The fraction of sp³-hybridized carbons (Fsp3) is 0.154. The number of benzene rings is 1. The lowest BCUT2D eigenvalue weighted by molar-refractivity contribution is -0.137. The topological polar surface area (TPSA) is 52.3 Å². The molecule has 0 atom stereocenters. The average molecular weight is 294 g/mol. The van der Waals surface area contributed by atoms with Gasteiger partial charge in [0.1, 0.15) is 5.75 Å². The van der Waals surface area contributed by atoms with Gasteiger partial charge in [-0.3, -0.25) is 0 Å². The molecule has 0 aliphatic rings. The third-order valence-corrected chi connectivity index (χ3v) is 2.78. The van der Waals surface area contributed by atoms with Gasteiger partial charge in [-0.1, -0.05) is 6.07 Å². The number of aromatic nitrogens is 4. The van der Waals surface area contributed by atoms with Crippen molar-refractivity contribution in [3.8, 4) is 11.6 Å². The van der Waals surface area contributed by atoms with Crippen molar-refractivity contribution in [1.82, 2.24) is 19.8 Å². The largest absolute Gasteiger partial charge is 0.438 e. The third-order valence-electron chi connectivity index (χ3n) is 2.78. The summed E-state index contributed by atoms with van der Waals surface area (Å²) in [6, 6.07) is 7.75. The number of rotatable bonds is 2. The van der Waals surface area contributed by atoms with Crippen LogP contribution in [0.4, 0.5) is 13.2 Å². The van der Waals surface area contributed by atoms with Gasteiger partial charge < -0.3 is 4.74 Å². The molecular weight excluding hydrogens is 285 g/mol. The van der Waals surface area contributed by atoms with Crippen molar-refractivity contribution in [3.05, 3.63) is 47.8 Å². The van der Waals surface area contributed by atoms with Gasteiger partial charge >= 0.3 is 6.18 Å². The van der Waals surface area contributed by atoms with Crippen LogP contribution in [0, 0.1) is 6.92 Å². The Kier molecular flexibility index (Phi) is 3.00. The predicted molar refractivity (Wildman–Crippen MR) is 67.0 cm³/mol. The molecule has 0 aliphatic heterocycles. The number of fused-ring (bicyclic) bond motifs is 1. The predicted octanol–water partition coefficient (Wildman–Crippen LogP) is 3.24. The molecule has 2 aromatic heterocycles. The van der Waals surface area contributed by atoms with Crippen LogP contribution < -0.4 is 4.74 Å². The van der Waals surface area contributed by atoms with Gasteiger partial charge in [-0.05, 0) is 31.2 Å². The van der Waals surface area contributed by atoms with Gasteiger partial charge in [-0.25, -0.2) is 0 Å². The molecule has 0 amide bonds. The van der Waals surface area contributed by atoms with Gasteiger partial charge in [0.25, 0.3) is 0 Å². The zero-order chi connectivity index (χ0) is 15.0. The van der Waals surface area contributed by atoms with E-state index in [4.69, 9.17) is 4.74 Å². The maximum Gasteiger partial charge on any atom is 0.416 e. The third kappa shape index (κ3) is 2.64. The molecule has 8 heteroatoms. The molecule has 0 radical (unpaired) electrons. The van der Waals surface area contributed by atoms with Gasteiger partial charge in [0, 0.05) is 6.07 Å². The molecule has 3 rings (SSSR count). The number of halogens is 3. The lowest BCUT2D eigenvalue weighted by atomic mass is 10.2. The van der Waals surface area contributed by atoms with Crippen LogP contribution in [-0.2, 0) is 6.18 Å². The van der Waals surface area contributed by atoms with Crippen molar-refractivity contribution in [3.63, 3.8) is 0 Å². The Labute approximate surface area is 117 Å². The Bertz CT molecular complexity index is 797. The fourth-order valence-corrected chi connectivity index (χ4v) is 1.79. The van der Waals surface area contributed by atoms with Crippen LogP contribution in [0.1, 0.15) is 11.4 Å². The summed E-state index contributed by atoms with van der Waals surface area (Å²) in [5.74, 6) is 0.770. The number of hydrogen-bond donors (Lipinski definition) is 0. The minimum Gasteiger partial charge on any atom is -0.438 e. The van der Waals surface area contributed by atoms with E-state index in [0.29, 0.717) is 11.5 Å². The van der Waals surface area contributed by atoms with Gasteiger partial charge in [0.05, 0.1) is 5.56 Å². The van der Waals surface area contributed by atoms with Crippen LogP contribution in [0.3, 0.4) is 0 Å². The SMILES string of the molecule is Cc1nnc2ccc(Oc3cccc(C(F)(F)F)c3)nn12. The molecular formula is C13H9F3N4O. The number of ether oxygens (including phenoxy) is 1. The normalized spacial score (nSPS) is 11.8. The maximum atomic E-state index is 12.6. The zero-order valence-corrected chi connectivity index (χ0v) is 10.8. The highest BCUT2D eigenvalue weighted by Gasteiger charge is 2.30. The Morgan fingerprint density at radius 3 is 2.67 bits per heavy atom. The Hall–Kier alpha value is -2.64. The van der Waals surface area contributed by atoms with E-state index in [0.717, 1.165) is 12.1 Å². The molecule has 108 valence electrons. The van der Waals surface area contributed by atoms with Crippen LogP contribution in [-0.4, -0.2) is 19.8 Å². The highest BCUT2D eigenvalue weighted by atomic mass is 19.4. The number of alkyl halides is 3.